The molecule has 136 valence electrons. The van der Waals surface area contributed by atoms with Gasteiger partial charge in [-0.3, -0.25) is 9.59 Å². The van der Waals surface area contributed by atoms with E-state index < -0.39 is 0 Å². The highest BCUT2D eigenvalue weighted by Gasteiger charge is 2.12. The molecule has 2 aromatic rings. The van der Waals surface area contributed by atoms with Gasteiger partial charge in [0, 0.05) is 24.4 Å². The molecule has 0 saturated carbocycles. The highest BCUT2D eigenvalue weighted by molar-refractivity contribution is 6.03. The molecule has 0 unspecified atom stereocenters. The van der Waals surface area contributed by atoms with E-state index in [1.54, 1.807) is 18.2 Å². The standard InChI is InChI=1S/C22H26N2O2/c1-15-19(23-16(2)25)7-6-8-20(15)24-21(26)14-11-17-9-12-18(13-10-17)22(3,4)5/h6-14H,1-5H3,(H,23,25)(H,24,26)/b14-11+. The Morgan fingerprint density at radius 3 is 2.04 bits per heavy atom. The predicted octanol–water partition coefficient (Wildman–Crippen LogP) is 4.90. The summed E-state index contributed by atoms with van der Waals surface area (Å²) in [5, 5.41) is 5.61. The third-order valence-electron chi connectivity index (χ3n) is 4.11. The van der Waals surface area contributed by atoms with Gasteiger partial charge in [-0.25, -0.2) is 0 Å². The van der Waals surface area contributed by atoms with E-state index in [-0.39, 0.29) is 17.2 Å². The maximum Gasteiger partial charge on any atom is 0.248 e. The van der Waals surface area contributed by atoms with E-state index in [1.165, 1.54) is 18.6 Å². The summed E-state index contributed by atoms with van der Waals surface area (Å²) in [4.78, 5) is 23.4. The third kappa shape index (κ3) is 5.31. The Bertz CT molecular complexity index is 828. The second-order valence-electron chi connectivity index (χ2n) is 7.35. The van der Waals surface area contributed by atoms with Crippen molar-refractivity contribution in [1.82, 2.24) is 0 Å². The van der Waals surface area contributed by atoms with Crippen molar-refractivity contribution < 1.29 is 9.59 Å². The first kappa shape index (κ1) is 19.4. The molecular weight excluding hydrogens is 324 g/mol. The van der Waals surface area contributed by atoms with Gasteiger partial charge in [-0.1, -0.05) is 51.1 Å². The molecule has 2 N–H and O–H groups in total. The Morgan fingerprint density at radius 2 is 1.50 bits per heavy atom. The molecule has 0 saturated heterocycles. The summed E-state index contributed by atoms with van der Waals surface area (Å²) in [5.41, 5.74) is 4.52. The highest BCUT2D eigenvalue weighted by Crippen LogP contribution is 2.24. The van der Waals surface area contributed by atoms with Gasteiger partial charge in [0.2, 0.25) is 11.8 Å². The molecule has 0 heterocycles. The van der Waals surface area contributed by atoms with Crippen LogP contribution in [-0.2, 0) is 15.0 Å². The number of amides is 2. The fourth-order valence-electron chi connectivity index (χ4n) is 2.54. The quantitative estimate of drug-likeness (QED) is 0.770. The summed E-state index contributed by atoms with van der Waals surface area (Å²) in [6.45, 7) is 9.82. The largest absolute Gasteiger partial charge is 0.326 e. The van der Waals surface area contributed by atoms with Crippen LogP contribution in [-0.4, -0.2) is 11.8 Å². The lowest BCUT2D eigenvalue weighted by atomic mass is 9.87. The summed E-state index contributed by atoms with van der Waals surface area (Å²) >= 11 is 0. The second-order valence-corrected chi connectivity index (χ2v) is 7.35. The zero-order valence-electron chi connectivity index (χ0n) is 16.0. The maximum atomic E-state index is 12.2. The fraction of sp³-hybridized carbons (Fsp3) is 0.273. The minimum Gasteiger partial charge on any atom is -0.326 e. The van der Waals surface area contributed by atoms with Crippen molar-refractivity contribution in [1.29, 1.82) is 0 Å². The van der Waals surface area contributed by atoms with Crippen molar-refractivity contribution in [2.24, 2.45) is 0 Å². The van der Waals surface area contributed by atoms with Gasteiger partial charge in [0.05, 0.1) is 0 Å². The zero-order chi connectivity index (χ0) is 19.3. The molecule has 0 radical (unpaired) electrons. The number of anilines is 2. The molecule has 2 amide bonds. The number of benzene rings is 2. The van der Waals surface area contributed by atoms with Gasteiger partial charge in [-0.2, -0.15) is 0 Å². The molecule has 26 heavy (non-hydrogen) atoms. The Kier molecular flexibility index (Phi) is 5.98. The molecule has 0 aliphatic heterocycles. The molecule has 4 heteroatoms. The van der Waals surface area contributed by atoms with Crippen LogP contribution in [0, 0.1) is 6.92 Å². The average Bonchev–Trinajstić information content (AvgIpc) is 2.56. The van der Waals surface area contributed by atoms with Crippen molar-refractivity contribution in [2.75, 3.05) is 10.6 Å². The van der Waals surface area contributed by atoms with Gasteiger partial charge in [0.15, 0.2) is 0 Å². The Labute approximate surface area is 155 Å². The molecular formula is C22H26N2O2. The van der Waals surface area contributed by atoms with E-state index in [1.807, 2.05) is 25.1 Å². The molecule has 0 aliphatic rings. The van der Waals surface area contributed by atoms with Crippen LogP contribution in [0.1, 0.15) is 44.4 Å². The van der Waals surface area contributed by atoms with Crippen LogP contribution in [0.5, 0.6) is 0 Å². The first-order chi connectivity index (χ1) is 12.2. The average molecular weight is 350 g/mol. The lowest BCUT2D eigenvalue weighted by Crippen LogP contribution is -2.12. The van der Waals surface area contributed by atoms with Crippen LogP contribution >= 0.6 is 0 Å². The van der Waals surface area contributed by atoms with Crippen LogP contribution < -0.4 is 10.6 Å². The lowest BCUT2D eigenvalue weighted by Gasteiger charge is -2.18. The summed E-state index contributed by atoms with van der Waals surface area (Å²) in [6, 6.07) is 13.6. The SMILES string of the molecule is CC(=O)Nc1cccc(NC(=O)/C=C/c2ccc(C(C)(C)C)cc2)c1C. The van der Waals surface area contributed by atoms with Gasteiger partial charge < -0.3 is 10.6 Å². The Hall–Kier alpha value is -2.88. The molecule has 0 aromatic heterocycles. The number of nitrogens with one attached hydrogen (secondary N) is 2. The minimum atomic E-state index is -0.215. The van der Waals surface area contributed by atoms with Crippen LogP contribution in [0.4, 0.5) is 11.4 Å². The van der Waals surface area contributed by atoms with Crippen molar-refractivity contribution in [3.63, 3.8) is 0 Å². The normalized spacial score (nSPS) is 11.4. The van der Waals surface area contributed by atoms with Crippen molar-refractivity contribution in [3.8, 4) is 0 Å². The molecule has 2 aromatic carbocycles. The molecule has 0 bridgehead atoms. The predicted molar refractivity (Wildman–Crippen MR) is 108 cm³/mol. The highest BCUT2D eigenvalue weighted by atomic mass is 16.2. The maximum absolute atomic E-state index is 12.2. The van der Waals surface area contributed by atoms with Crippen LogP contribution in [0.3, 0.4) is 0 Å². The van der Waals surface area contributed by atoms with E-state index in [0.717, 1.165) is 11.1 Å². The van der Waals surface area contributed by atoms with Crippen LogP contribution in [0.2, 0.25) is 0 Å². The van der Waals surface area contributed by atoms with Crippen molar-refractivity contribution >= 4 is 29.3 Å². The molecule has 0 aliphatic carbocycles. The van der Waals surface area contributed by atoms with Gasteiger partial charge in [-0.05, 0) is 47.2 Å². The van der Waals surface area contributed by atoms with E-state index in [9.17, 15) is 9.59 Å². The lowest BCUT2D eigenvalue weighted by molar-refractivity contribution is -0.114. The smallest absolute Gasteiger partial charge is 0.248 e. The van der Waals surface area contributed by atoms with Gasteiger partial charge in [0.25, 0.3) is 0 Å². The van der Waals surface area contributed by atoms with E-state index >= 15 is 0 Å². The Morgan fingerprint density at radius 1 is 0.923 bits per heavy atom. The first-order valence-corrected chi connectivity index (χ1v) is 8.63. The van der Waals surface area contributed by atoms with E-state index in [4.69, 9.17) is 0 Å². The Balaban J connectivity index is 2.07. The number of hydrogen-bond acceptors (Lipinski definition) is 2. The second kappa shape index (κ2) is 8.00. The van der Waals surface area contributed by atoms with Gasteiger partial charge in [0.1, 0.15) is 0 Å². The topological polar surface area (TPSA) is 58.2 Å². The summed E-state index contributed by atoms with van der Waals surface area (Å²) < 4.78 is 0. The monoisotopic (exact) mass is 350 g/mol. The number of rotatable bonds is 4. The third-order valence-corrected chi connectivity index (χ3v) is 4.11. The fourth-order valence-corrected chi connectivity index (χ4v) is 2.54. The van der Waals surface area contributed by atoms with E-state index in [0.29, 0.717) is 11.4 Å². The van der Waals surface area contributed by atoms with Crippen LogP contribution in [0.15, 0.2) is 48.5 Å². The molecule has 0 atom stereocenters. The van der Waals surface area contributed by atoms with E-state index in [2.05, 4.69) is 43.5 Å². The van der Waals surface area contributed by atoms with Crippen molar-refractivity contribution in [2.45, 2.75) is 40.0 Å². The summed E-state index contributed by atoms with van der Waals surface area (Å²) in [6.07, 6.45) is 3.30. The molecule has 4 nitrogen and oxygen atoms in total. The number of carbonyl (C=O) groups excluding carboxylic acids is 2. The van der Waals surface area contributed by atoms with Crippen molar-refractivity contribution in [3.05, 3.63) is 65.2 Å². The summed E-state index contributed by atoms with van der Waals surface area (Å²) in [5.74, 6) is -0.358. The number of hydrogen-bond donors (Lipinski definition) is 2. The zero-order valence-corrected chi connectivity index (χ0v) is 16.0. The summed E-state index contributed by atoms with van der Waals surface area (Å²) in [7, 11) is 0. The van der Waals surface area contributed by atoms with Gasteiger partial charge in [-0.15, -0.1) is 0 Å². The van der Waals surface area contributed by atoms with Crippen LogP contribution in [0.25, 0.3) is 6.08 Å². The molecule has 0 spiro atoms. The molecule has 0 fully saturated rings. The number of carbonyl (C=O) groups is 2. The van der Waals surface area contributed by atoms with Gasteiger partial charge >= 0.3 is 0 Å². The molecule has 2 rings (SSSR count). The minimum absolute atomic E-state index is 0.107. The first-order valence-electron chi connectivity index (χ1n) is 8.63.